The minimum atomic E-state index is -0.109. The summed E-state index contributed by atoms with van der Waals surface area (Å²) in [5, 5.41) is 2.70. The Hall–Kier alpha value is -1.84. The van der Waals surface area contributed by atoms with Crippen molar-refractivity contribution in [2.75, 3.05) is 18.4 Å². The van der Waals surface area contributed by atoms with Gasteiger partial charge in [0.15, 0.2) is 0 Å². The first-order valence-electron chi connectivity index (χ1n) is 7.12. The van der Waals surface area contributed by atoms with Gasteiger partial charge in [-0.25, -0.2) is 0 Å². The Morgan fingerprint density at radius 1 is 1.10 bits per heavy atom. The number of nitrogens with zero attached hydrogens (tertiary/aromatic N) is 1. The minimum Gasteiger partial charge on any atom is -0.338 e. The van der Waals surface area contributed by atoms with Crippen molar-refractivity contribution in [3.8, 4) is 0 Å². The maximum Gasteiger partial charge on any atom is 0.253 e. The van der Waals surface area contributed by atoms with Crippen LogP contribution in [0, 0.1) is 11.8 Å². The predicted octanol–water partition coefficient (Wildman–Crippen LogP) is 2.76. The molecule has 0 bridgehead atoms. The van der Waals surface area contributed by atoms with E-state index >= 15 is 0 Å². The molecule has 1 aromatic rings. The van der Waals surface area contributed by atoms with Gasteiger partial charge < -0.3 is 10.2 Å². The van der Waals surface area contributed by atoms with E-state index in [1.165, 1.54) is 13.3 Å². The summed E-state index contributed by atoms with van der Waals surface area (Å²) in [6, 6.07) is 7.09. The number of rotatable bonds is 2. The van der Waals surface area contributed by atoms with Crippen molar-refractivity contribution >= 4 is 17.5 Å². The Morgan fingerprint density at radius 2 is 1.65 bits per heavy atom. The molecule has 2 unspecified atom stereocenters. The highest BCUT2D eigenvalue weighted by Gasteiger charge is 2.25. The molecular weight excluding hydrogens is 252 g/mol. The van der Waals surface area contributed by atoms with Crippen molar-refractivity contribution in [1.29, 1.82) is 0 Å². The maximum absolute atomic E-state index is 12.5. The molecule has 1 fully saturated rings. The Kier molecular flexibility index (Phi) is 4.42. The molecule has 1 aromatic carbocycles. The molecule has 4 nitrogen and oxygen atoms in total. The Labute approximate surface area is 120 Å². The first-order valence-corrected chi connectivity index (χ1v) is 7.12. The lowest BCUT2D eigenvalue weighted by Crippen LogP contribution is -2.42. The second-order valence-corrected chi connectivity index (χ2v) is 5.91. The number of hydrogen-bond acceptors (Lipinski definition) is 2. The fraction of sp³-hybridized carbons (Fsp3) is 0.500. The quantitative estimate of drug-likeness (QED) is 0.901. The molecule has 0 saturated carbocycles. The number of benzene rings is 1. The van der Waals surface area contributed by atoms with Crippen LogP contribution in [0.25, 0.3) is 0 Å². The van der Waals surface area contributed by atoms with E-state index in [1.807, 2.05) is 4.90 Å². The minimum absolute atomic E-state index is 0.0813. The van der Waals surface area contributed by atoms with E-state index in [4.69, 9.17) is 0 Å². The molecule has 2 rings (SSSR count). The van der Waals surface area contributed by atoms with Gasteiger partial charge in [-0.1, -0.05) is 13.8 Å². The van der Waals surface area contributed by atoms with Crippen LogP contribution in [0.2, 0.25) is 0 Å². The van der Waals surface area contributed by atoms with Crippen molar-refractivity contribution in [3.05, 3.63) is 29.8 Å². The van der Waals surface area contributed by atoms with Crippen LogP contribution in [0.15, 0.2) is 24.3 Å². The average molecular weight is 274 g/mol. The molecule has 0 radical (unpaired) electrons. The predicted molar refractivity (Wildman–Crippen MR) is 79.6 cm³/mol. The van der Waals surface area contributed by atoms with Crippen molar-refractivity contribution in [2.24, 2.45) is 11.8 Å². The zero-order chi connectivity index (χ0) is 14.7. The molecule has 1 heterocycles. The fourth-order valence-corrected chi connectivity index (χ4v) is 2.91. The van der Waals surface area contributed by atoms with E-state index in [1.54, 1.807) is 24.3 Å². The number of anilines is 1. The fourth-order valence-electron chi connectivity index (χ4n) is 2.91. The molecule has 2 atom stereocenters. The molecule has 0 aliphatic carbocycles. The van der Waals surface area contributed by atoms with Crippen molar-refractivity contribution in [2.45, 2.75) is 27.2 Å². The summed E-state index contributed by atoms with van der Waals surface area (Å²) >= 11 is 0. The van der Waals surface area contributed by atoms with Crippen LogP contribution in [0.1, 0.15) is 37.6 Å². The second-order valence-electron chi connectivity index (χ2n) is 5.91. The van der Waals surface area contributed by atoms with Gasteiger partial charge in [0.25, 0.3) is 5.91 Å². The molecule has 1 saturated heterocycles. The highest BCUT2D eigenvalue weighted by Crippen LogP contribution is 2.22. The van der Waals surface area contributed by atoms with Crippen LogP contribution < -0.4 is 5.32 Å². The highest BCUT2D eigenvalue weighted by molar-refractivity contribution is 5.95. The Bertz CT molecular complexity index is 486. The first-order chi connectivity index (χ1) is 9.45. The molecule has 20 heavy (non-hydrogen) atoms. The standard InChI is InChI=1S/C16H22N2O2/c1-11-8-12(2)10-18(9-11)16(20)14-4-6-15(7-5-14)17-13(3)19/h4-7,11-12H,8-10H2,1-3H3,(H,17,19). The van der Waals surface area contributed by atoms with Gasteiger partial charge in [-0.05, 0) is 42.5 Å². The van der Waals surface area contributed by atoms with Crippen LogP contribution in [0.4, 0.5) is 5.69 Å². The number of piperidine rings is 1. The van der Waals surface area contributed by atoms with E-state index in [0.717, 1.165) is 18.8 Å². The summed E-state index contributed by atoms with van der Waals surface area (Å²) in [4.78, 5) is 25.4. The van der Waals surface area contributed by atoms with Crippen LogP contribution in [-0.4, -0.2) is 29.8 Å². The lowest BCUT2D eigenvalue weighted by molar-refractivity contribution is -0.114. The first kappa shape index (κ1) is 14.6. The van der Waals surface area contributed by atoms with Gasteiger partial charge in [-0.15, -0.1) is 0 Å². The van der Waals surface area contributed by atoms with Gasteiger partial charge in [0.2, 0.25) is 5.91 Å². The van der Waals surface area contributed by atoms with Crippen molar-refractivity contribution < 1.29 is 9.59 Å². The van der Waals surface area contributed by atoms with Gasteiger partial charge in [-0.3, -0.25) is 9.59 Å². The number of likely N-dealkylation sites (tertiary alicyclic amines) is 1. The van der Waals surface area contributed by atoms with Crippen LogP contribution in [-0.2, 0) is 4.79 Å². The summed E-state index contributed by atoms with van der Waals surface area (Å²) in [5.74, 6) is 1.09. The van der Waals surface area contributed by atoms with Gasteiger partial charge >= 0.3 is 0 Å². The van der Waals surface area contributed by atoms with Crippen LogP contribution in [0.5, 0.6) is 0 Å². The van der Waals surface area contributed by atoms with Gasteiger partial charge in [-0.2, -0.15) is 0 Å². The molecule has 0 spiro atoms. The summed E-state index contributed by atoms with van der Waals surface area (Å²) in [5.41, 5.74) is 1.40. The topological polar surface area (TPSA) is 49.4 Å². The van der Waals surface area contributed by atoms with Gasteiger partial charge in [0.1, 0.15) is 0 Å². The van der Waals surface area contributed by atoms with E-state index < -0.39 is 0 Å². The third kappa shape index (κ3) is 3.59. The monoisotopic (exact) mass is 274 g/mol. The number of carbonyl (C=O) groups is 2. The maximum atomic E-state index is 12.5. The molecule has 1 aliphatic rings. The van der Waals surface area contributed by atoms with E-state index in [9.17, 15) is 9.59 Å². The largest absolute Gasteiger partial charge is 0.338 e. The summed E-state index contributed by atoms with van der Waals surface area (Å²) in [6.45, 7) is 7.51. The summed E-state index contributed by atoms with van der Waals surface area (Å²) < 4.78 is 0. The zero-order valence-corrected chi connectivity index (χ0v) is 12.3. The Balaban J connectivity index is 2.07. The molecule has 0 aromatic heterocycles. The molecular formula is C16H22N2O2. The molecule has 4 heteroatoms. The van der Waals surface area contributed by atoms with Gasteiger partial charge in [0, 0.05) is 31.3 Å². The lowest BCUT2D eigenvalue weighted by Gasteiger charge is -2.35. The van der Waals surface area contributed by atoms with E-state index in [-0.39, 0.29) is 11.8 Å². The average Bonchev–Trinajstić information content (AvgIpc) is 2.37. The summed E-state index contributed by atoms with van der Waals surface area (Å²) in [7, 11) is 0. The number of carbonyl (C=O) groups excluding carboxylic acids is 2. The highest BCUT2D eigenvalue weighted by atomic mass is 16.2. The third-order valence-electron chi connectivity index (χ3n) is 3.61. The summed E-state index contributed by atoms with van der Waals surface area (Å²) in [6.07, 6.45) is 1.19. The van der Waals surface area contributed by atoms with Gasteiger partial charge in [0.05, 0.1) is 0 Å². The number of hydrogen-bond donors (Lipinski definition) is 1. The smallest absolute Gasteiger partial charge is 0.253 e. The van der Waals surface area contributed by atoms with Crippen molar-refractivity contribution in [3.63, 3.8) is 0 Å². The van der Waals surface area contributed by atoms with E-state index in [0.29, 0.717) is 17.4 Å². The number of amides is 2. The number of nitrogens with one attached hydrogen (secondary N) is 1. The van der Waals surface area contributed by atoms with Crippen LogP contribution >= 0.6 is 0 Å². The van der Waals surface area contributed by atoms with E-state index in [2.05, 4.69) is 19.2 Å². The lowest BCUT2D eigenvalue weighted by atomic mass is 9.91. The van der Waals surface area contributed by atoms with Crippen LogP contribution in [0.3, 0.4) is 0 Å². The zero-order valence-electron chi connectivity index (χ0n) is 12.3. The third-order valence-corrected chi connectivity index (χ3v) is 3.61. The second kappa shape index (κ2) is 6.07. The molecule has 1 aliphatic heterocycles. The SMILES string of the molecule is CC(=O)Nc1ccc(C(=O)N2CC(C)CC(C)C2)cc1. The molecule has 1 N–H and O–H groups in total. The Morgan fingerprint density at radius 3 is 2.15 bits per heavy atom. The normalized spacial score (nSPS) is 22.4. The molecule has 108 valence electrons. The molecule has 2 amide bonds. The van der Waals surface area contributed by atoms with Crippen molar-refractivity contribution in [1.82, 2.24) is 4.90 Å².